The molecule has 0 radical (unpaired) electrons. The number of nitrogens with zero attached hydrogens (tertiary/aromatic N) is 6. The summed E-state index contributed by atoms with van der Waals surface area (Å²) in [6, 6.07) is 14.8. The van der Waals surface area contributed by atoms with Crippen LogP contribution in [0.15, 0.2) is 42.5 Å². The number of hydrogen-bond donors (Lipinski definition) is 2. The van der Waals surface area contributed by atoms with Crippen LogP contribution >= 0.6 is 0 Å². The Bertz CT molecular complexity index is 1340. The Labute approximate surface area is 203 Å². The molecule has 4 aromatic rings. The number of carboxylic acid groups (broad SMARTS) is 1. The maximum Gasteiger partial charge on any atom is 0.412 e. The molecule has 180 valence electrons. The number of fused-ring (bicyclic) bond motifs is 3. The summed E-state index contributed by atoms with van der Waals surface area (Å²) < 4.78 is 2.43. The van der Waals surface area contributed by atoms with E-state index in [1.807, 2.05) is 19.1 Å². The summed E-state index contributed by atoms with van der Waals surface area (Å²) in [6.45, 7) is 1.98. The second-order valence-electron chi connectivity index (χ2n) is 9.82. The number of H-pyrrole nitrogens is 1. The zero-order valence-electron chi connectivity index (χ0n) is 19.8. The lowest BCUT2D eigenvalue weighted by Gasteiger charge is -2.33. The largest absolute Gasteiger partial charge is 0.465 e. The SMILES string of the molecule is C[C@H]1CCc2c(ccc3c2nc(Cc2ccccc2)n3[C@H]2CC[C@H](c3nnn[nH]3)CC2)N1C(=O)O. The number of hydrogen-bond acceptors (Lipinski definition) is 5. The van der Waals surface area contributed by atoms with Gasteiger partial charge in [-0.2, -0.15) is 0 Å². The van der Waals surface area contributed by atoms with E-state index in [0.29, 0.717) is 12.0 Å². The zero-order valence-corrected chi connectivity index (χ0v) is 19.8. The van der Waals surface area contributed by atoms with Crippen molar-refractivity contribution < 1.29 is 9.90 Å². The van der Waals surface area contributed by atoms with Crippen LogP contribution in [0.5, 0.6) is 0 Å². The number of aromatic amines is 1. The number of aromatic nitrogens is 6. The van der Waals surface area contributed by atoms with Crippen LogP contribution < -0.4 is 4.90 Å². The first-order chi connectivity index (χ1) is 17.1. The van der Waals surface area contributed by atoms with Crippen LogP contribution in [0.4, 0.5) is 10.5 Å². The van der Waals surface area contributed by atoms with Crippen molar-refractivity contribution in [2.75, 3.05) is 4.90 Å². The van der Waals surface area contributed by atoms with Crippen LogP contribution in [0.1, 0.15) is 73.8 Å². The first-order valence-electron chi connectivity index (χ1n) is 12.4. The minimum absolute atomic E-state index is 0.0378. The van der Waals surface area contributed by atoms with Crippen molar-refractivity contribution in [1.82, 2.24) is 30.2 Å². The summed E-state index contributed by atoms with van der Waals surface area (Å²) in [5, 5.41) is 24.5. The van der Waals surface area contributed by atoms with Crippen molar-refractivity contribution in [2.45, 2.75) is 69.9 Å². The molecule has 1 aliphatic heterocycles. The third-order valence-electron chi connectivity index (χ3n) is 7.75. The van der Waals surface area contributed by atoms with Crippen LogP contribution in [0, 0.1) is 0 Å². The van der Waals surface area contributed by atoms with Crippen molar-refractivity contribution in [3.63, 3.8) is 0 Å². The number of tetrazole rings is 1. The van der Waals surface area contributed by atoms with Gasteiger partial charge in [0.2, 0.25) is 0 Å². The van der Waals surface area contributed by atoms with E-state index in [0.717, 1.165) is 78.9 Å². The van der Waals surface area contributed by atoms with Gasteiger partial charge in [-0.15, -0.1) is 5.10 Å². The van der Waals surface area contributed by atoms with Crippen molar-refractivity contribution in [2.24, 2.45) is 0 Å². The predicted molar refractivity (Wildman–Crippen MR) is 132 cm³/mol. The molecule has 0 spiro atoms. The molecule has 1 fully saturated rings. The summed E-state index contributed by atoms with van der Waals surface area (Å²) in [5.41, 5.74) is 5.12. The van der Waals surface area contributed by atoms with Gasteiger partial charge in [0.25, 0.3) is 0 Å². The van der Waals surface area contributed by atoms with E-state index in [4.69, 9.17) is 4.98 Å². The van der Waals surface area contributed by atoms with Gasteiger partial charge in [-0.1, -0.05) is 30.3 Å². The van der Waals surface area contributed by atoms with Crippen LogP contribution in [-0.4, -0.2) is 47.4 Å². The lowest BCUT2D eigenvalue weighted by atomic mass is 9.85. The monoisotopic (exact) mass is 471 g/mol. The molecule has 2 N–H and O–H groups in total. The molecular formula is C26H29N7O2. The number of imidazole rings is 1. The van der Waals surface area contributed by atoms with E-state index in [-0.39, 0.29) is 6.04 Å². The van der Waals surface area contributed by atoms with Crippen molar-refractivity contribution in [1.29, 1.82) is 0 Å². The van der Waals surface area contributed by atoms with Crippen LogP contribution in [-0.2, 0) is 12.8 Å². The molecule has 9 heteroatoms. The molecule has 3 heterocycles. The highest BCUT2D eigenvalue weighted by Crippen LogP contribution is 2.42. The Morgan fingerprint density at radius 3 is 2.60 bits per heavy atom. The maximum atomic E-state index is 12.0. The number of nitrogens with one attached hydrogen (secondary N) is 1. The zero-order chi connectivity index (χ0) is 23.9. The summed E-state index contributed by atoms with van der Waals surface area (Å²) in [5.74, 6) is 2.28. The highest BCUT2D eigenvalue weighted by molar-refractivity contribution is 5.94. The summed E-state index contributed by atoms with van der Waals surface area (Å²) >= 11 is 0. The van der Waals surface area contributed by atoms with Gasteiger partial charge in [0.15, 0.2) is 5.82 Å². The van der Waals surface area contributed by atoms with Gasteiger partial charge in [0.05, 0.1) is 16.7 Å². The van der Waals surface area contributed by atoms with Gasteiger partial charge < -0.3 is 9.67 Å². The Morgan fingerprint density at radius 1 is 1.09 bits per heavy atom. The molecule has 2 aromatic heterocycles. The summed E-state index contributed by atoms with van der Waals surface area (Å²) in [6.07, 6.45) is 5.56. The smallest absolute Gasteiger partial charge is 0.412 e. The molecule has 1 amide bonds. The molecule has 2 aromatic carbocycles. The number of benzene rings is 2. The van der Waals surface area contributed by atoms with Gasteiger partial charge in [-0.3, -0.25) is 4.90 Å². The fourth-order valence-electron chi connectivity index (χ4n) is 6.00. The lowest BCUT2D eigenvalue weighted by Crippen LogP contribution is -2.41. The topological polar surface area (TPSA) is 113 Å². The Balaban J connectivity index is 1.42. The maximum absolute atomic E-state index is 12.0. The minimum Gasteiger partial charge on any atom is -0.465 e. The number of aryl methyl sites for hydroxylation is 1. The Morgan fingerprint density at radius 2 is 1.89 bits per heavy atom. The minimum atomic E-state index is -0.901. The third-order valence-corrected chi connectivity index (χ3v) is 7.75. The molecule has 1 atom stereocenters. The fourth-order valence-corrected chi connectivity index (χ4v) is 6.00. The van der Waals surface area contributed by atoms with Gasteiger partial charge in [0, 0.05) is 30.0 Å². The quantitative estimate of drug-likeness (QED) is 0.440. The standard InChI is InChI=1S/C26H29N7O2/c1-16-7-12-20-21(32(16)26(34)35)13-14-22-24(20)27-23(15-17-5-3-2-4-6-17)33(22)19-10-8-18(9-11-19)25-28-30-31-29-25/h2-6,13-14,16,18-19H,7-12,15H2,1H3,(H,34,35)(H,28,29,30,31)/t16-,18-,19-/m0/s1. The predicted octanol–water partition coefficient (Wildman–Crippen LogP) is 4.86. The van der Waals surface area contributed by atoms with Crippen molar-refractivity contribution >= 4 is 22.8 Å². The molecule has 35 heavy (non-hydrogen) atoms. The molecule has 0 saturated heterocycles. The van der Waals surface area contributed by atoms with Gasteiger partial charge in [-0.05, 0) is 73.6 Å². The van der Waals surface area contributed by atoms with Gasteiger partial charge in [0.1, 0.15) is 5.82 Å². The van der Waals surface area contributed by atoms with E-state index in [1.54, 1.807) is 0 Å². The van der Waals surface area contributed by atoms with E-state index in [1.165, 1.54) is 10.5 Å². The number of rotatable bonds is 4. The Hall–Kier alpha value is -3.75. The highest BCUT2D eigenvalue weighted by atomic mass is 16.4. The summed E-state index contributed by atoms with van der Waals surface area (Å²) in [4.78, 5) is 18.7. The highest BCUT2D eigenvalue weighted by Gasteiger charge is 2.33. The molecular weight excluding hydrogens is 442 g/mol. The molecule has 0 bridgehead atoms. The van der Waals surface area contributed by atoms with Gasteiger partial charge >= 0.3 is 6.09 Å². The number of anilines is 1. The molecule has 1 saturated carbocycles. The van der Waals surface area contributed by atoms with Crippen LogP contribution in [0.25, 0.3) is 11.0 Å². The third kappa shape index (κ3) is 3.84. The molecule has 6 rings (SSSR count). The fraction of sp³-hybridized carbons (Fsp3) is 0.423. The van der Waals surface area contributed by atoms with E-state index >= 15 is 0 Å². The molecule has 9 nitrogen and oxygen atoms in total. The van der Waals surface area contributed by atoms with E-state index < -0.39 is 6.09 Å². The lowest BCUT2D eigenvalue weighted by molar-refractivity contribution is 0.198. The second kappa shape index (κ2) is 8.79. The average molecular weight is 472 g/mol. The average Bonchev–Trinajstić information content (AvgIpc) is 3.53. The Kier molecular flexibility index (Phi) is 5.47. The first kappa shape index (κ1) is 21.8. The molecule has 1 aliphatic carbocycles. The van der Waals surface area contributed by atoms with E-state index in [9.17, 15) is 9.90 Å². The second-order valence-corrected chi connectivity index (χ2v) is 9.82. The number of amides is 1. The van der Waals surface area contributed by atoms with Crippen molar-refractivity contribution in [3.8, 4) is 0 Å². The summed E-state index contributed by atoms with van der Waals surface area (Å²) in [7, 11) is 0. The molecule has 2 aliphatic rings. The first-order valence-corrected chi connectivity index (χ1v) is 12.4. The van der Waals surface area contributed by atoms with Crippen LogP contribution in [0.3, 0.4) is 0 Å². The molecule has 0 unspecified atom stereocenters. The van der Waals surface area contributed by atoms with Gasteiger partial charge in [-0.25, -0.2) is 14.9 Å². The van der Waals surface area contributed by atoms with Crippen molar-refractivity contribution in [3.05, 3.63) is 65.2 Å². The number of carbonyl (C=O) groups is 1. The van der Waals surface area contributed by atoms with Crippen LogP contribution in [0.2, 0.25) is 0 Å². The van der Waals surface area contributed by atoms with E-state index in [2.05, 4.69) is 55.5 Å². The normalized spacial score (nSPS) is 22.3.